The van der Waals surface area contributed by atoms with Gasteiger partial charge in [-0.25, -0.2) is 0 Å². The number of carboxylic acids is 1. The number of hydrogen-bond donors (Lipinski definition) is 2. The van der Waals surface area contributed by atoms with Gasteiger partial charge in [-0.15, -0.1) is 0 Å². The van der Waals surface area contributed by atoms with Crippen LogP contribution in [0.2, 0.25) is 0 Å². The fourth-order valence-electron chi connectivity index (χ4n) is 1.99. The van der Waals surface area contributed by atoms with Gasteiger partial charge in [-0.2, -0.15) is 0 Å². The maximum Gasteiger partial charge on any atom is 0.310 e. The van der Waals surface area contributed by atoms with Crippen molar-refractivity contribution in [3.63, 3.8) is 0 Å². The highest BCUT2D eigenvalue weighted by Gasteiger charge is 2.20. The summed E-state index contributed by atoms with van der Waals surface area (Å²) in [6.45, 7) is 1.52. The number of benzene rings is 1. The zero-order valence-electron chi connectivity index (χ0n) is 10.9. The third kappa shape index (κ3) is 2.66. The molecule has 1 heterocycles. The van der Waals surface area contributed by atoms with Gasteiger partial charge < -0.3 is 10.8 Å². The average Bonchev–Trinajstić information content (AvgIpc) is 2.46. The van der Waals surface area contributed by atoms with Gasteiger partial charge in [0.1, 0.15) is 0 Å². The average molecular weight is 270 g/mol. The van der Waals surface area contributed by atoms with Crippen LogP contribution in [-0.2, 0) is 4.79 Å². The summed E-state index contributed by atoms with van der Waals surface area (Å²) in [7, 11) is 0. The minimum Gasteiger partial charge on any atom is -0.481 e. The van der Waals surface area contributed by atoms with E-state index >= 15 is 0 Å². The second-order valence-corrected chi connectivity index (χ2v) is 4.47. The van der Waals surface area contributed by atoms with Crippen LogP contribution in [0.1, 0.15) is 28.8 Å². The van der Waals surface area contributed by atoms with E-state index in [0.717, 1.165) is 11.1 Å². The van der Waals surface area contributed by atoms with Crippen molar-refractivity contribution >= 4 is 11.9 Å². The molecule has 102 valence electrons. The van der Waals surface area contributed by atoms with Crippen LogP contribution in [-0.4, -0.2) is 22.0 Å². The van der Waals surface area contributed by atoms with Crippen molar-refractivity contribution in [1.29, 1.82) is 0 Å². The van der Waals surface area contributed by atoms with Gasteiger partial charge in [0.15, 0.2) is 0 Å². The topological polar surface area (TPSA) is 93.3 Å². The Morgan fingerprint density at radius 2 is 2.00 bits per heavy atom. The molecule has 2 rings (SSSR count). The molecule has 0 fully saturated rings. The molecule has 2 aromatic rings. The quantitative estimate of drug-likeness (QED) is 0.889. The van der Waals surface area contributed by atoms with E-state index in [1.807, 2.05) is 6.07 Å². The zero-order chi connectivity index (χ0) is 14.7. The number of hydrogen-bond acceptors (Lipinski definition) is 3. The Morgan fingerprint density at radius 3 is 2.55 bits per heavy atom. The lowest BCUT2D eigenvalue weighted by atomic mass is 9.92. The Bertz CT molecular complexity index is 653. The van der Waals surface area contributed by atoms with Crippen molar-refractivity contribution in [3.8, 4) is 11.1 Å². The number of pyridine rings is 1. The Morgan fingerprint density at radius 1 is 1.25 bits per heavy atom. The molecule has 5 nitrogen and oxygen atoms in total. The molecule has 1 amide bonds. The minimum absolute atomic E-state index is 0.229. The summed E-state index contributed by atoms with van der Waals surface area (Å²) < 4.78 is 0. The standard InChI is InChI=1S/C15H14N2O3/c1-9(15(19)20)13-7-10(4-5-12(13)14(16)18)11-3-2-6-17-8-11/h2-9H,1H3,(H2,16,18)(H,19,20). The van der Waals surface area contributed by atoms with E-state index in [0.29, 0.717) is 5.56 Å². The van der Waals surface area contributed by atoms with Crippen LogP contribution in [0.25, 0.3) is 11.1 Å². The number of aliphatic carboxylic acids is 1. The third-order valence-electron chi connectivity index (χ3n) is 3.15. The number of carbonyl (C=O) groups is 2. The normalized spacial score (nSPS) is 11.8. The number of primary amides is 1. The van der Waals surface area contributed by atoms with E-state index in [9.17, 15) is 9.59 Å². The Balaban J connectivity index is 2.57. The van der Waals surface area contributed by atoms with Gasteiger partial charge in [0.2, 0.25) is 5.91 Å². The molecule has 3 N–H and O–H groups in total. The summed E-state index contributed by atoms with van der Waals surface area (Å²) in [5.74, 6) is -2.45. The fourth-order valence-corrected chi connectivity index (χ4v) is 1.99. The number of aromatic nitrogens is 1. The smallest absolute Gasteiger partial charge is 0.310 e. The third-order valence-corrected chi connectivity index (χ3v) is 3.15. The molecule has 0 aliphatic carbocycles. The summed E-state index contributed by atoms with van der Waals surface area (Å²) in [6.07, 6.45) is 3.33. The van der Waals surface area contributed by atoms with Crippen LogP contribution < -0.4 is 5.73 Å². The van der Waals surface area contributed by atoms with E-state index in [-0.39, 0.29) is 5.56 Å². The number of rotatable bonds is 4. The highest BCUT2D eigenvalue weighted by atomic mass is 16.4. The van der Waals surface area contributed by atoms with Gasteiger partial charge in [0.25, 0.3) is 0 Å². The van der Waals surface area contributed by atoms with Crippen LogP contribution in [0.15, 0.2) is 42.7 Å². The van der Waals surface area contributed by atoms with Crippen LogP contribution in [0.3, 0.4) is 0 Å². The molecular weight excluding hydrogens is 256 g/mol. The van der Waals surface area contributed by atoms with Crippen molar-refractivity contribution in [1.82, 2.24) is 4.98 Å². The van der Waals surface area contributed by atoms with Crippen LogP contribution >= 0.6 is 0 Å². The Hall–Kier alpha value is -2.69. The summed E-state index contributed by atoms with van der Waals surface area (Å²) in [5, 5.41) is 9.14. The molecule has 20 heavy (non-hydrogen) atoms. The molecule has 0 saturated heterocycles. The maximum atomic E-state index is 11.4. The number of carbonyl (C=O) groups excluding carboxylic acids is 1. The highest BCUT2D eigenvalue weighted by molar-refractivity contribution is 5.96. The highest BCUT2D eigenvalue weighted by Crippen LogP contribution is 2.27. The minimum atomic E-state index is -1.00. The summed E-state index contributed by atoms with van der Waals surface area (Å²) in [5.41, 5.74) is 7.58. The van der Waals surface area contributed by atoms with Gasteiger partial charge in [0.05, 0.1) is 5.92 Å². The van der Waals surface area contributed by atoms with E-state index in [1.54, 1.807) is 36.7 Å². The van der Waals surface area contributed by atoms with Gasteiger partial charge in [-0.05, 0) is 41.8 Å². The van der Waals surface area contributed by atoms with Crippen molar-refractivity contribution in [2.45, 2.75) is 12.8 Å². The maximum absolute atomic E-state index is 11.4. The van der Waals surface area contributed by atoms with Crippen molar-refractivity contribution in [3.05, 3.63) is 53.9 Å². The fraction of sp³-hybridized carbons (Fsp3) is 0.133. The molecule has 1 atom stereocenters. The molecule has 5 heteroatoms. The van der Waals surface area contributed by atoms with E-state index in [4.69, 9.17) is 10.8 Å². The predicted molar refractivity (Wildman–Crippen MR) is 74.2 cm³/mol. The van der Waals surface area contributed by atoms with Gasteiger partial charge in [-0.3, -0.25) is 14.6 Å². The Kier molecular flexibility index (Phi) is 3.79. The monoisotopic (exact) mass is 270 g/mol. The largest absolute Gasteiger partial charge is 0.481 e. The Labute approximate surface area is 116 Å². The lowest BCUT2D eigenvalue weighted by molar-refractivity contribution is -0.138. The number of nitrogens with zero attached hydrogens (tertiary/aromatic N) is 1. The first-order valence-corrected chi connectivity index (χ1v) is 6.07. The van der Waals surface area contributed by atoms with Crippen molar-refractivity contribution in [2.24, 2.45) is 5.73 Å². The molecule has 1 unspecified atom stereocenters. The first-order valence-electron chi connectivity index (χ1n) is 6.07. The lowest BCUT2D eigenvalue weighted by Crippen LogP contribution is -2.18. The zero-order valence-corrected chi connectivity index (χ0v) is 10.9. The van der Waals surface area contributed by atoms with Gasteiger partial charge in [-0.1, -0.05) is 12.1 Å². The van der Waals surface area contributed by atoms with Gasteiger partial charge in [0, 0.05) is 18.0 Å². The van der Waals surface area contributed by atoms with Crippen molar-refractivity contribution in [2.75, 3.05) is 0 Å². The van der Waals surface area contributed by atoms with Crippen LogP contribution in [0.4, 0.5) is 0 Å². The molecule has 0 saturated carbocycles. The molecule has 0 aliphatic rings. The second-order valence-electron chi connectivity index (χ2n) is 4.47. The summed E-state index contributed by atoms with van der Waals surface area (Å²) >= 11 is 0. The molecule has 1 aromatic carbocycles. The molecule has 0 radical (unpaired) electrons. The van der Waals surface area contributed by atoms with E-state index in [2.05, 4.69) is 4.98 Å². The lowest BCUT2D eigenvalue weighted by Gasteiger charge is -2.13. The molecule has 0 spiro atoms. The number of nitrogens with two attached hydrogens (primary N) is 1. The number of amides is 1. The van der Waals surface area contributed by atoms with Crippen LogP contribution in [0.5, 0.6) is 0 Å². The SMILES string of the molecule is CC(C(=O)O)c1cc(-c2cccnc2)ccc1C(N)=O. The predicted octanol–water partition coefficient (Wildman–Crippen LogP) is 2.04. The van der Waals surface area contributed by atoms with Crippen LogP contribution in [0, 0.1) is 0 Å². The molecule has 0 aliphatic heterocycles. The summed E-state index contributed by atoms with van der Waals surface area (Å²) in [4.78, 5) is 26.6. The van der Waals surface area contributed by atoms with E-state index < -0.39 is 17.8 Å². The first-order chi connectivity index (χ1) is 9.50. The van der Waals surface area contributed by atoms with Crippen molar-refractivity contribution < 1.29 is 14.7 Å². The molecule has 1 aromatic heterocycles. The molecular formula is C15H14N2O3. The molecule has 0 bridgehead atoms. The van der Waals surface area contributed by atoms with E-state index in [1.165, 1.54) is 6.92 Å². The second kappa shape index (κ2) is 5.52. The summed E-state index contributed by atoms with van der Waals surface area (Å²) in [6, 6.07) is 8.61. The van der Waals surface area contributed by atoms with Gasteiger partial charge >= 0.3 is 5.97 Å². The first kappa shape index (κ1) is 13.7. The number of carboxylic acid groups (broad SMARTS) is 1.